The fourth-order valence-corrected chi connectivity index (χ4v) is 3.35. The number of nitrogens with one attached hydrogen (secondary N) is 1. The third-order valence-electron chi connectivity index (χ3n) is 4.88. The number of hydrogen-bond donors (Lipinski definition) is 1. The number of carbonyl (C=O) groups is 2. The van der Waals surface area contributed by atoms with Crippen molar-refractivity contribution in [2.45, 2.75) is 19.4 Å². The number of ether oxygens (including phenoxy) is 1. The lowest BCUT2D eigenvalue weighted by molar-refractivity contribution is -0.117. The van der Waals surface area contributed by atoms with Crippen LogP contribution in [0, 0.1) is 0 Å². The molecular weight excluding hydrogens is 364 g/mol. The van der Waals surface area contributed by atoms with E-state index >= 15 is 0 Å². The van der Waals surface area contributed by atoms with Crippen molar-refractivity contribution in [2.24, 2.45) is 0 Å². The largest absolute Gasteiger partial charge is 0.489 e. The molecule has 0 saturated carbocycles. The molecule has 5 heteroatoms. The summed E-state index contributed by atoms with van der Waals surface area (Å²) in [5, 5.41) is 2.94. The van der Waals surface area contributed by atoms with E-state index < -0.39 is 0 Å². The molecule has 0 unspecified atom stereocenters. The Labute approximate surface area is 169 Å². The van der Waals surface area contributed by atoms with Gasteiger partial charge in [-0.3, -0.25) is 9.59 Å². The number of hydrogen-bond acceptors (Lipinski definition) is 3. The van der Waals surface area contributed by atoms with Gasteiger partial charge in [-0.05, 0) is 48.4 Å². The lowest BCUT2D eigenvalue weighted by atomic mass is 10.1. The van der Waals surface area contributed by atoms with Crippen LogP contribution in [-0.4, -0.2) is 18.4 Å². The Morgan fingerprint density at radius 2 is 1.66 bits per heavy atom. The van der Waals surface area contributed by atoms with Crippen LogP contribution in [0.4, 0.5) is 11.4 Å². The van der Waals surface area contributed by atoms with E-state index in [-0.39, 0.29) is 11.8 Å². The Bertz CT molecular complexity index is 1000. The summed E-state index contributed by atoms with van der Waals surface area (Å²) in [4.78, 5) is 26.5. The van der Waals surface area contributed by atoms with Gasteiger partial charge in [-0.25, -0.2) is 0 Å². The van der Waals surface area contributed by atoms with Gasteiger partial charge in [0.15, 0.2) is 0 Å². The summed E-state index contributed by atoms with van der Waals surface area (Å²) in [7, 11) is 0. The fourth-order valence-electron chi connectivity index (χ4n) is 3.35. The number of amides is 2. The highest BCUT2D eigenvalue weighted by Gasteiger charge is 2.24. The van der Waals surface area contributed by atoms with Crippen molar-refractivity contribution in [3.63, 3.8) is 0 Å². The molecule has 0 aromatic heterocycles. The summed E-state index contributed by atoms with van der Waals surface area (Å²) in [6.07, 6.45) is 1.39. The summed E-state index contributed by atoms with van der Waals surface area (Å²) < 4.78 is 5.73. The van der Waals surface area contributed by atoms with Crippen molar-refractivity contribution in [2.75, 3.05) is 16.8 Å². The summed E-state index contributed by atoms with van der Waals surface area (Å²) in [5.74, 6) is 0.691. The van der Waals surface area contributed by atoms with E-state index in [0.717, 1.165) is 23.4 Å². The number of carbonyl (C=O) groups excluding carboxylic acids is 2. The molecule has 2 amide bonds. The third-order valence-corrected chi connectivity index (χ3v) is 4.88. The second-order valence-corrected chi connectivity index (χ2v) is 6.92. The summed E-state index contributed by atoms with van der Waals surface area (Å²) in [6, 6.07) is 24.3. The minimum atomic E-state index is -0.209. The Morgan fingerprint density at radius 1 is 0.931 bits per heavy atom. The first-order chi connectivity index (χ1) is 14.2. The third kappa shape index (κ3) is 4.46. The normalized spacial score (nSPS) is 13.4. The maximum absolute atomic E-state index is 12.7. The molecule has 4 rings (SSSR count). The molecule has 1 N–H and O–H groups in total. The van der Waals surface area contributed by atoms with Crippen molar-refractivity contribution >= 4 is 23.2 Å². The van der Waals surface area contributed by atoms with Crippen LogP contribution in [0.5, 0.6) is 5.75 Å². The van der Waals surface area contributed by atoms with Crippen LogP contribution in [0.2, 0.25) is 0 Å². The summed E-state index contributed by atoms with van der Waals surface area (Å²) in [5.41, 5.74) is 2.92. The average Bonchev–Trinajstić information content (AvgIpc) is 3.19. The van der Waals surface area contributed by atoms with E-state index in [1.54, 1.807) is 17.0 Å². The molecule has 0 atom stereocenters. The van der Waals surface area contributed by atoms with Gasteiger partial charge in [-0.1, -0.05) is 42.5 Å². The first-order valence-electron chi connectivity index (χ1n) is 9.68. The van der Waals surface area contributed by atoms with E-state index in [0.29, 0.717) is 30.8 Å². The molecule has 0 spiro atoms. The van der Waals surface area contributed by atoms with Gasteiger partial charge in [0.1, 0.15) is 12.4 Å². The monoisotopic (exact) mass is 386 g/mol. The fraction of sp³-hybridized carbons (Fsp3) is 0.167. The molecule has 1 saturated heterocycles. The lowest BCUT2D eigenvalue weighted by Gasteiger charge is -2.20. The number of benzene rings is 3. The topological polar surface area (TPSA) is 58.6 Å². The van der Waals surface area contributed by atoms with Crippen molar-refractivity contribution in [1.82, 2.24) is 0 Å². The molecule has 146 valence electrons. The Hall–Kier alpha value is -3.60. The van der Waals surface area contributed by atoms with E-state index in [1.165, 1.54) is 0 Å². The first kappa shape index (κ1) is 18.7. The number of anilines is 2. The SMILES string of the molecule is O=C(Nc1ccccc1N1CCCC1=O)c1ccc(COc2ccccc2)cc1. The van der Waals surface area contributed by atoms with Crippen LogP contribution in [0.1, 0.15) is 28.8 Å². The van der Waals surface area contributed by atoms with Gasteiger partial charge in [0, 0.05) is 18.5 Å². The van der Waals surface area contributed by atoms with Crippen LogP contribution in [0.3, 0.4) is 0 Å². The standard InChI is InChI=1S/C24H22N2O3/c27-23-11-6-16-26(23)22-10-5-4-9-21(22)25-24(28)19-14-12-18(13-15-19)17-29-20-7-2-1-3-8-20/h1-5,7-10,12-15H,6,11,16-17H2,(H,25,28). The van der Waals surface area contributed by atoms with Crippen molar-refractivity contribution in [3.05, 3.63) is 90.0 Å². The highest BCUT2D eigenvalue weighted by molar-refractivity contribution is 6.08. The minimum Gasteiger partial charge on any atom is -0.489 e. The van der Waals surface area contributed by atoms with Crippen molar-refractivity contribution in [3.8, 4) is 5.75 Å². The molecule has 0 bridgehead atoms. The number of para-hydroxylation sites is 3. The van der Waals surface area contributed by atoms with Crippen molar-refractivity contribution in [1.29, 1.82) is 0 Å². The van der Waals surface area contributed by atoms with Gasteiger partial charge in [0.25, 0.3) is 5.91 Å². The van der Waals surface area contributed by atoms with E-state index in [9.17, 15) is 9.59 Å². The zero-order chi connectivity index (χ0) is 20.1. The summed E-state index contributed by atoms with van der Waals surface area (Å²) >= 11 is 0. The molecule has 1 fully saturated rings. The molecule has 3 aromatic carbocycles. The van der Waals surface area contributed by atoms with Crippen LogP contribution < -0.4 is 15.0 Å². The number of rotatable bonds is 6. The molecule has 1 aliphatic heterocycles. The number of nitrogens with zero attached hydrogens (tertiary/aromatic N) is 1. The predicted molar refractivity (Wildman–Crippen MR) is 113 cm³/mol. The molecule has 0 aliphatic carbocycles. The lowest BCUT2D eigenvalue weighted by Crippen LogP contribution is -2.25. The molecule has 3 aromatic rings. The predicted octanol–water partition coefficient (Wildman–Crippen LogP) is 4.64. The second-order valence-electron chi connectivity index (χ2n) is 6.92. The van der Waals surface area contributed by atoms with Gasteiger partial charge in [-0.2, -0.15) is 0 Å². The molecule has 5 nitrogen and oxygen atoms in total. The zero-order valence-electron chi connectivity index (χ0n) is 16.0. The van der Waals surface area contributed by atoms with Gasteiger partial charge in [0.2, 0.25) is 5.91 Å². The molecule has 1 heterocycles. The van der Waals surface area contributed by atoms with Gasteiger partial charge >= 0.3 is 0 Å². The van der Waals surface area contributed by atoms with Gasteiger partial charge in [0.05, 0.1) is 11.4 Å². The smallest absolute Gasteiger partial charge is 0.255 e. The first-order valence-corrected chi connectivity index (χ1v) is 9.68. The second kappa shape index (κ2) is 8.61. The van der Waals surface area contributed by atoms with Gasteiger partial charge < -0.3 is 15.0 Å². The average molecular weight is 386 g/mol. The summed E-state index contributed by atoms with van der Waals surface area (Å²) in [6.45, 7) is 1.12. The van der Waals surface area contributed by atoms with Crippen LogP contribution in [0.25, 0.3) is 0 Å². The molecule has 0 radical (unpaired) electrons. The van der Waals surface area contributed by atoms with E-state index in [1.807, 2.05) is 66.7 Å². The quantitative estimate of drug-likeness (QED) is 0.671. The Kier molecular flexibility index (Phi) is 5.56. The highest BCUT2D eigenvalue weighted by atomic mass is 16.5. The van der Waals surface area contributed by atoms with Crippen LogP contribution >= 0.6 is 0 Å². The van der Waals surface area contributed by atoms with Crippen LogP contribution in [0.15, 0.2) is 78.9 Å². The maximum Gasteiger partial charge on any atom is 0.255 e. The Morgan fingerprint density at radius 3 is 2.38 bits per heavy atom. The van der Waals surface area contributed by atoms with Crippen molar-refractivity contribution < 1.29 is 14.3 Å². The highest BCUT2D eigenvalue weighted by Crippen LogP contribution is 2.29. The Balaban J connectivity index is 1.42. The van der Waals surface area contributed by atoms with E-state index in [2.05, 4.69) is 5.32 Å². The van der Waals surface area contributed by atoms with Gasteiger partial charge in [-0.15, -0.1) is 0 Å². The zero-order valence-corrected chi connectivity index (χ0v) is 16.0. The molecule has 1 aliphatic rings. The molecular formula is C24H22N2O3. The van der Waals surface area contributed by atoms with Crippen LogP contribution in [-0.2, 0) is 11.4 Å². The minimum absolute atomic E-state index is 0.0921. The molecule has 29 heavy (non-hydrogen) atoms. The van der Waals surface area contributed by atoms with E-state index in [4.69, 9.17) is 4.74 Å². The maximum atomic E-state index is 12.7.